The van der Waals surface area contributed by atoms with Gasteiger partial charge in [0.1, 0.15) is 5.65 Å². The summed E-state index contributed by atoms with van der Waals surface area (Å²) >= 11 is 0. The van der Waals surface area contributed by atoms with Crippen molar-refractivity contribution in [3.05, 3.63) is 145 Å². The maximum Gasteiger partial charge on any atom is 0.147 e. The third-order valence-corrected chi connectivity index (χ3v) is 8.95. The smallest absolute Gasteiger partial charge is 0.147 e. The second-order valence-electron chi connectivity index (χ2n) is 11.3. The van der Waals surface area contributed by atoms with Gasteiger partial charge in [-0.15, -0.1) is 0 Å². The Kier molecular flexibility index (Phi) is 4.90. The van der Waals surface area contributed by atoms with Gasteiger partial charge in [0.25, 0.3) is 0 Å². The van der Waals surface area contributed by atoms with Crippen molar-refractivity contribution < 1.29 is 0 Å². The Morgan fingerprint density at radius 3 is 2.09 bits per heavy atom. The molecule has 1 unspecified atom stereocenters. The van der Waals surface area contributed by atoms with Crippen molar-refractivity contribution in [2.75, 3.05) is 0 Å². The summed E-state index contributed by atoms with van der Waals surface area (Å²) in [6.07, 6.45) is 15.0. The van der Waals surface area contributed by atoms with E-state index < -0.39 is 0 Å². The molecule has 0 N–H and O–H groups in total. The first-order chi connectivity index (χ1) is 22.3. The number of hydrogen-bond acceptors (Lipinski definition) is 6. The SMILES string of the molecule is c1cnc2c(c1)-c1cnccc1C2c1cc(-n2c3cnccc3c3ncccc32)cc(-n2c3cccnc3c3cccnc32)c1. The fourth-order valence-electron chi connectivity index (χ4n) is 7.16. The quantitative estimate of drug-likeness (QED) is 0.217. The summed E-state index contributed by atoms with van der Waals surface area (Å²) in [7, 11) is 0. The molecule has 0 aliphatic heterocycles. The Morgan fingerprint density at radius 2 is 1.20 bits per heavy atom. The van der Waals surface area contributed by atoms with Crippen molar-refractivity contribution >= 4 is 44.0 Å². The molecule has 0 spiro atoms. The van der Waals surface area contributed by atoms with Crippen molar-refractivity contribution in [2.45, 2.75) is 5.92 Å². The van der Waals surface area contributed by atoms with E-state index in [1.807, 2.05) is 79.9 Å². The van der Waals surface area contributed by atoms with Crippen molar-refractivity contribution in [2.24, 2.45) is 0 Å². The summed E-state index contributed by atoms with van der Waals surface area (Å²) < 4.78 is 4.48. The van der Waals surface area contributed by atoms with Crippen LogP contribution in [0, 0.1) is 0 Å². The van der Waals surface area contributed by atoms with Crippen LogP contribution in [0.3, 0.4) is 0 Å². The van der Waals surface area contributed by atoms with Crippen molar-refractivity contribution in [1.29, 1.82) is 0 Å². The maximum absolute atomic E-state index is 4.93. The molecule has 8 aromatic heterocycles. The highest BCUT2D eigenvalue weighted by atomic mass is 15.1. The molecule has 1 aliphatic carbocycles. The number of fused-ring (bicyclic) bond motifs is 9. The average molecular weight is 579 g/mol. The van der Waals surface area contributed by atoms with Crippen LogP contribution in [0.2, 0.25) is 0 Å². The molecule has 0 bridgehead atoms. The molecule has 0 fully saturated rings. The van der Waals surface area contributed by atoms with Gasteiger partial charge in [-0.1, -0.05) is 6.07 Å². The van der Waals surface area contributed by atoms with Crippen LogP contribution < -0.4 is 0 Å². The molecule has 8 nitrogen and oxygen atoms in total. The molecule has 1 aromatic carbocycles. The van der Waals surface area contributed by atoms with Crippen LogP contribution in [0.1, 0.15) is 22.7 Å². The minimum atomic E-state index is -0.0820. The standard InChI is InChI=1S/C37H22N8/c1-5-26-29-20-38-15-9-25(29)33(36(26)42-11-1)22-17-23(44-30-7-3-12-40-34(30)27-10-16-39-21-32(27)44)19-24(18-22)45-31-8-4-13-41-35(31)28-6-2-14-43-37(28)45/h1-21,33H. The lowest BCUT2D eigenvalue weighted by atomic mass is 9.91. The Labute approximate surface area is 256 Å². The second kappa shape index (κ2) is 9.11. The van der Waals surface area contributed by atoms with E-state index >= 15 is 0 Å². The van der Waals surface area contributed by atoms with Gasteiger partial charge in [0.2, 0.25) is 0 Å². The first kappa shape index (κ1) is 24.2. The lowest BCUT2D eigenvalue weighted by molar-refractivity contribution is 0.942. The summed E-state index contributed by atoms with van der Waals surface area (Å²) in [5.74, 6) is -0.0820. The Hall–Kier alpha value is -6.28. The van der Waals surface area contributed by atoms with E-state index in [1.165, 1.54) is 5.56 Å². The molecule has 9 aromatic rings. The average Bonchev–Trinajstić information content (AvgIpc) is 3.74. The van der Waals surface area contributed by atoms with Crippen molar-refractivity contribution in [1.82, 2.24) is 39.0 Å². The van der Waals surface area contributed by atoms with Crippen LogP contribution in [0.5, 0.6) is 0 Å². The number of rotatable bonds is 3. The monoisotopic (exact) mass is 578 g/mol. The van der Waals surface area contributed by atoms with Gasteiger partial charge < -0.3 is 4.57 Å². The molecule has 0 saturated carbocycles. The number of nitrogens with zero attached hydrogens (tertiary/aromatic N) is 8. The van der Waals surface area contributed by atoms with Crippen LogP contribution in [0.4, 0.5) is 0 Å². The van der Waals surface area contributed by atoms with Gasteiger partial charge in [-0.3, -0.25) is 29.5 Å². The third kappa shape index (κ3) is 3.36. The van der Waals surface area contributed by atoms with E-state index in [0.29, 0.717) is 0 Å². The highest BCUT2D eigenvalue weighted by Crippen LogP contribution is 2.47. The zero-order valence-electron chi connectivity index (χ0n) is 23.8. The van der Waals surface area contributed by atoms with E-state index in [4.69, 9.17) is 19.9 Å². The van der Waals surface area contributed by atoms with Gasteiger partial charge in [-0.25, -0.2) is 4.98 Å². The number of aromatic nitrogens is 8. The lowest BCUT2D eigenvalue weighted by Crippen LogP contribution is -2.06. The van der Waals surface area contributed by atoms with Gasteiger partial charge in [-0.05, 0) is 83.9 Å². The molecule has 210 valence electrons. The molecule has 45 heavy (non-hydrogen) atoms. The fourth-order valence-corrected chi connectivity index (χ4v) is 7.16. The topological polar surface area (TPSA) is 87.2 Å². The van der Waals surface area contributed by atoms with Crippen LogP contribution in [0.25, 0.3) is 66.5 Å². The molecular weight excluding hydrogens is 556 g/mol. The van der Waals surface area contributed by atoms with Crippen LogP contribution >= 0.6 is 0 Å². The first-order valence-corrected chi connectivity index (χ1v) is 14.8. The summed E-state index contributed by atoms with van der Waals surface area (Å²) in [5, 5.41) is 2.06. The number of hydrogen-bond donors (Lipinski definition) is 0. The predicted octanol–water partition coefficient (Wildman–Crippen LogP) is 7.41. The van der Waals surface area contributed by atoms with Crippen LogP contribution in [-0.4, -0.2) is 39.0 Å². The Balaban J connectivity index is 1.34. The van der Waals surface area contributed by atoms with Gasteiger partial charge in [0.05, 0.1) is 51.1 Å². The summed E-state index contributed by atoms with van der Waals surface area (Å²) in [6.45, 7) is 0. The van der Waals surface area contributed by atoms with Crippen LogP contribution in [-0.2, 0) is 0 Å². The molecule has 0 amide bonds. The largest absolute Gasteiger partial charge is 0.306 e. The zero-order valence-corrected chi connectivity index (χ0v) is 23.8. The first-order valence-electron chi connectivity index (χ1n) is 14.8. The van der Waals surface area contributed by atoms with E-state index in [9.17, 15) is 0 Å². The maximum atomic E-state index is 4.93. The second-order valence-corrected chi connectivity index (χ2v) is 11.3. The zero-order chi connectivity index (χ0) is 29.5. The van der Waals surface area contributed by atoms with Crippen molar-refractivity contribution in [3.63, 3.8) is 0 Å². The van der Waals surface area contributed by atoms with Gasteiger partial charge >= 0.3 is 0 Å². The number of benzene rings is 1. The lowest BCUT2D eigenvalue weighted by Gasteiger charge is -2.19. The summed E-state index contributed by atoms with van der Waals surface area (Å²) in [5.41, 5.74) is 13.3. The molecular formula is C37H22N8. The minimum Gasteiger partial charge on any atom is -0.306 e. The van der Waals surface area contributed by atoms with E-state index in [0.717, 1.165) is 77.8 Å². The van der Waals surface area contributed by atoms with Gasteiger partial charge in [0, 0.05) is 71.0 Å². The predicted molar refractivity (Wildman–Crippen MR) is 175 cm³/mol. The molecule has 1 aliphatic rings. The van der Waals surface area contributed by atoms with E-state index in [-0.39, 0.29) is 5.92 Å². The fraction of sp³-hybridized carbons (Fsp3) is 0.0270. The number of pyridine rings is 6. The third-order valence-electron chi connectivity index (χ3n) is 8.95. The van der Waals surface area contributed by atoms with E-state index in [2.05, 4.69) is 67.6 Å². The molecule has 0 saturated heterocycles. The van der Waals surface area contributed by atoms with Gasteiger partial charge in [0.15, 0.2) is 0 Å². The molecule has 8 heterocycles. The summed E-state index contributed by atoms with van der Waals surface area (Å²) in [6, 6.07) is 27.3. The van der Waals surface area contributed by atoms with Gasteiger partial charge in [-0.2, -0.15) is 0 Å². The highest BCUT2D eigenvalue weighted by molar-refractivity contribution is 6.07. The normalized spacial score (nSPS) is 14.0. The van der Waals surface area contributed by atoms with E-state index in [1.54, 1.807) is 0 Å². The summed E-state index contributed by atoms with van der Waals surface area (Å²) in [4.78, 5) is 28.3. The molecule has 0 radical (unpaired) electrons. The molecule has 1 atom stereocenters. The van der Waals surface area contributed by atoms with Crippen molar-refractivity contribution in [3.8, 4) is 22.5 Å². The Morgan fingerprint density at radius 1 is 0.511 bits per heavy atom. The molecule has 10 rings (SSSR count). The Bertz CT molecular complexity index is 2350. The van der Waals surface area contributed by atoms with Crippen LogP contribution in [0.15, 0.2) is 128 Å². The molecule has 8 heteroatoms. The highest BCUT2D eigenvalue weighted by Gasteiger charge is 2.32. The minimum absolute atomic E-state index is 0.0820.